The van der Waals surface area contributed by atoms with Crippen LogP contribution in [0.1, 0.15) is 39.0 Å². The van der Waals surface area contributed by atoms with Crippen LogP contribution in [-0.4, -0.2) is 25.5 Å². The first kappa shape index (κ1) is 10.9. The molecular formula is C12H22N2O. The normalized spacial score (nSPS) is 23.3. The number of amides is 1. The van der Waals surface area contributed by atoms with Gasteiger partial charge in [-0.15, -0.1) is 0 Å². The molecule has 2 aliphatic rings. The van der Waals surface area contributed by atoms with Crippen molar-refractivity contribution in [2.24, 2.45) is 11.3 Å². The molecule has 0 aromatic carbocycles. The molecule has 86 valence electrons. The van der Waals surface area contributed by atoms with Crippen LogP contribution in [0.4, 0.5) is 0 Å². The SMILES string of the molecule is CC1(CNC(=O)CNCC2CC2)CCC1. The van der Waals surface area contributed by atoms with Gasteiger partial charge in [-0.25, -0.2) is 0 Å². The molecule has 0 heterocycles. The topological polar surface area (TPSA) is 41.1 Å². The van der Waals surface area contributed by atoms with Crippen molar-refractivity contribution in [3.8, 4) is 0 Å². The van der Waals surface area contributed by atoms with E-state index in [1.165, 1.54) is 32.1 Å². The lowest BCUT2D eigenvalue weighted by Gasteiger charge is -2.38. The van der Waals surface area contributed by atoms with Crippen LogP contribution in [0.2, 0.25) is 0 Å². The van der Waals surface area contributed by atoms with Gasteiger partial charge in [0.2, 0.25) is 5.91 Å². The van der Waals surface area contributed by atoms with Crippen LogP contribution in [-0.2, 0) is 4.79 Å². The maximum atomic E-state index is 11.5. The quantitative estimate of drug-likeness (QED) is 0.693. The van der Waals surface area contributed by atoms with E-state index in [0.717, 1.165) is 19.0 Å². The summed E-state index contributed by atoms with van der Waals surface area (Å²) >= 11 is 0. The number of rotatable bonds is 6. The molecular weight excluding hydrogens is 188 g/mol. The van der Waals surface area contributed by atoms with Crippen molar-refractivity contribution in [3.63, 3.8) is 0 Å². The Morgan fingerprint density at radius 3 is 2.67 bits per heavy atom. The molecule has 0 aromatic rings. The summed E-state index contributed by atoms with van der Waals surface area (Å²) in [6, 6.07) is 0. The molecule has 0 unspecified atom stereocenters. The molecule has 2 aliphatic carbocycles. The average molecular weight is 210 g/mol. The van der Waals surface area contributed by atoms with Crippen molar-refractivity contribution < 1.29 is 4.79 Å². The Morgan fingerprint density at radius 1 is 1.40 bits per heavy atom. The standard InChI is InChI=1S/C12H22N2O/c1-12(5-2-6-12)9-14-11(15)8-13-7-10-3-4-10/h10,13H,2-9H2,1H3,(H,14,15). The van der Waals surface area contributed by atoms with Gasteiger partial charge < -0.3 is 10.6 Å². The van der Waals surface area contributed by atoms with E-state index in [1.54, 1.807) is 0 Å². The second-order valence-electron chi connectivity index (χ2n) is 5.52. The fraction of sp³-hybridized carbons (Fsp3) is 0.917. The number of nitrogens with one attached hydrogen (secondary N) is 2. The summed E-state index contributed by atoms with van der Waals surface area (Å²) < 4.78 is 0. The van der Waals surface area contributed by atoms with E-state index in [2.05, 4.69) is 17.6 Å². The molecule has 0 spiro atoms. The zero-order valence-electron chi connectivity index (χ0n) is 9.64. The van der Waals surface area contributed by atoms with Crippen LogP contribution in [0.25, 0.3) is 0 Å². The van der Waals surface area contributed by atoms with E-state index in [4.69, 9.17) is 0 Å². The molecule has 0 aromatic heterocycles. The number of carbonyl (C=O) groups is 1. The minimum Gasteiger partial charge on any atom is -0.354 e. The zero-order valence-corrected chi connectivity index (χ0v) is 9.64. The lowest BCUT2D eigenvalue weighted by molar-refractivity contribution is -0.121. The largest absolute Gasteiger partial charge is 0.354 e. The summed E-state index contributed by atoms with van der Waals surface area (Å²) in [6.45, 7) is 4.63. The van der Waals surface area contributed by atoms with E-state index in [-0.39, 0.29) is 5.91 Å². The number of hydrogen-bond acceptors (Lipinski definition) is 2. The Hall–Kier alpha value is -0.570. The van der Waals surface area contributed by atoms with Crippen molar-refractivity contribution in [2.45, 2.75) is 39.0 Å². The second kappa shape index (κ2) is 4.52. The van der Waals surface area contributed by atoms with Gasteiger partial charge in [-0.1, -0.05) is 13.3 Å². The summed E-state index contributed by atoms with van der Waals surface area (Å²) in [5.74, 6) is 1.01. The Kier molecular flexibility index (Phi) is 3.29. The first-order valence-electron chi connectivity index (χ1n) is 6.15. The fourth-order valence-corrected chi connectivity index (χ4v) is 2.04. The lowest BCUT2D eigenvalue weighted by atomic mass is 9.70. The Bertz CT molecular complexity index is 232. The van der Waals surface area contributed by atoms with E-state index < -0.39 is 0 Å². The smallest absolute Gasteiger partial charge is 0.233 e. The highest BCUT2D eigenvalue weighted by molar-refractivity contribution is 5.78. The predicted molar refractivity (Wildman–Crippen MR) is 60.6 cm³/mol. The van der Waals surface area contributed by atoms with Crippen molar-refractivity contribution in [2.75, 3.05) is 19.6 Å². The summed E-state index contributed by atoms with van der Waals surface area (Å²) in [6.07, 6.45) is 6.54. The lowest BCUT2D eigenvalue weighted by Crippen LogP contribution is -2.43. The molecule has 2 N–H and O–H groups in total. The van der Waals surface area contributed by atoms with Gasteiger partial charge in [0.15, 0.2) is 0 Å². The second-order valence-corrected chi connectivity index (χ2v) is 5.52. The molecule has 2 fully saturated rings. The van der Waals surface area contributed by atoms with Crippen LogP contribution in [0.5, 0.6) is 0 Å². The van der Waals surface area contributed by atoms with E-state index in [1.807, 2.05) is 0 Å². The van der Waals surface area contributed by atoms with Crippen molar-refractivity contribution >= 4 is 5.91 Å². The predicted octanol–water partition coefficient (Wildman–Crippen LogP) is 1.29. The Balaban J connectivity index is 1.51. The Labute approximate surface area is 92.0 Å². The van der Waals surface area contributed by atoms with Crippen LogP contribution in [0.15, 0.2) is 0 Å². The van der Waals surface area contributed by atoms with Crippen molar-refractivity contribution in [3.05, 3.63) is 0 Å². The van der Waals surface area contributed by atoms with Crippen LogP contribution in [0, 0.1) is 11.3 Å². The number of carbonyl (C=O) groups excluding carboxylic acids is 1. The molecule has 3 heteroatoms. The van der Waals surface area contributed by atoms with Gasteiger partial charge >= 0.3 is 0 Å². The Morgan fingerprint density at radius 2 is 2.13 bits per heavy atom. The highest BCUT2D eigenvalue weighted by Crippen LogP contribution is 2.39. The fourth-order valence-electron chi connectivity index (χ4n) is 2.04. The van der Waals surface area contributed by atoms with E-state index >= 15 is 0 Å². The summed E-state index contributed by atoms with van der Waals surface area (Å²) in [5, 5.41) is 6.23. The van der Waals surface area contributed by atoms with Crippen molar-refractivity contribution in [1.29, 1.82) is 0 Å². The van der Waals surface area contributed by atoms with Crippen LogP contribution >= 0.6 is 0 Å². The van der Waals surface area contributed by atoms with Crippen LogP contribution in [0.3, 0.4) is 0 Å². The molecule has 1 amide bonds. The molecule has 0 bridgehead atoms. The summed E-state index contributed by atoms with van der Waals surface area (Å²) in [5.41, 5.74) is 0.395. The minimum absolute atomic E-state index is 0.156. The maximum absolute atomic E-state index is 11.5. The highest BCUT2D eigenvalue weighted by atomic mass is 16.1. The van der Waals surface area contributed by atoms with Gasteiger partial charge in [-0.05, 0) is 43.6 Å². The molecule has 15 heavy (non-hydrogen) atoms. The molecule has 3 nitrogen and oxygen atoms in total. The van der Waals surface area contributed by atoms with Gasteiger partial charge in [0, 0.05) is 6.54 Å². The zero-order chi connectivity index (χ0) is 10.7. The third-order valence-electron chi connectivity index (χ3n) is 3.69. The highest BCUT2D eigenvalue weighted by Gasteiger charge is 2.31. The number of hydrogen-bond donors (Lipinski definition) is 2. The molecule has 0 aliphatic heterocycles. The summed E-state index contributed by atoms with van der Waals surface area (Å²) in [7, 11) is 0. The van der Waals surface area contributed by atoms with E-state index in [9.17, 15) is 4.79 Å². The third kappa shape index (κ3) is 3.49. The molecule has 0 radical (unpaired) electrons. The van der Waals surface area contributed by atoms with Gasteiger partial charge in [0.05, 0.1) is 6.54 Å². The molecule has 2 saturated carbocycles. The van der Waals surface area contributed by atoms with Crippen LogP contribution < -0.4 is 10.6 Å². The van der Waals surface area contributed by atoms with Gasteiger partial charge in [0.1, 0.15) is 0 Å². The molecule has 0 atom stereocenters. The maximum Gasteiger partial charge on any atom is 0.233 e. The first-order valence-corrected chi connectivity index (χ1v) is 6.15. The molecule has 0 saturated heterocycles. The minimum atomic E-state index is 0.156. The van der Waals surface area contributed by atoms with Gasteiger partial charge in [-0.3, -0.25) is 4.79 Å². The average Bonchev–Trinajstić information content (AvgIpc) is 2.95. The third-order valence-corrected chi connectivity index (χ3v) is 3.69. The first-order chi connectivity index (χ1) is 7.18. The van der Waals surface area contributed by atoms with Gasteiger partial charge in [0.25, 0.3) is 0 Å². The van der Waals surface area contributed by atoms with Gasteiger partial charge in [-0.2, -0.15) is 0 Å². The van der Waals surface area contributed by atoms with E-state index in [0.29, 0.717) is 12.0 Å². The monoisotopic (exact) mass is 210 g/mol. The van der Waals surface area contributed by atoms with Crippen molar-refractivity contribution in [1.82, 2.24) is 10.6 Å². The summed E-state index contributed by atoms with van der Waals surface area (Å²) in [4.78, 5) is 11.5. The molecule has 2 rings (SSSR count).